The Morgan fingerprint density at radius 3 is 2.60 bits per heavy atom. The number of benzene rings is 1. The van der Waals surface area contributed by atoms with E-state index < -0.39 is 11.9 Å². The summed E-state index contributed by atoms with van der Waals surface area (Å²) >= 11 is 0. The maximum Gasteiger partial charge on any atom is 0.254 e. The lowest BCUT2D eigenvalue weighted by Gasteiger charge is -2.26. The van der Waals surface area contributed by atoms with E-state index in [1.807, 2.05) is 32.1 Å². The van der Waals surface area contributed by atoms with Gasteiger partial charge in [-0.1, -0.05) is 19.1 Å². The molecule has 6 heteroatoms. The number of allylic oxidation sites excluding steroid dienone is 1. The molecule has 0 radical (unpaired) electrons. The van der Waals surface area contributed by atoms with E-state index in [9.17, 15) is 4.79 Å². The number of hydrogen-bond acceptors (Lipinski definition) is 5. The van der Waals surface area contributed by atoms with Crippen LogP contribution in [-0.2, 0) is 20.8 Å². The molecule has 1 amide bonds. The summed E-state index contributed by atoms with van der Waals surface area (Å²) in [6, 6.07) is 3.99. The molecule has 0 bridgehead atoms. The van der Waals surface area contributed by atoms with Crippen LogP contribution in [-0.4, -0.2) is 42.6 Å². The van der Waals surface area contributed by atoms with Crippen LogP contribution in [0, 0.1) is 0 Å². The first-order valence-corrected chi connectivity index (χ1v) is 8.55. The minimum Gasteiger partial charge on any atom is -0.454 e. The lowest BCUT2D eigenvalue weighted by molar-refractivity contribution is -0.160. The number of fused-ring (bicyclic) bond motifs is 3. The van der Waals surface area contributed by atoms with Gasteiger partial charge in [0.1, 0.15) is 6.10 Å². The van der Waals surface area contributed by atoms with E-state index in [4.69, 9.17) is 18.9 Å². The highest BCUT2D eigenvalue weighted by Gasteiger charge is 2.45. The predicted molar refractivity (Wildman–Crippen MR) is 90.4 cm³/mol. The molecule has 1 fully saturated rings. The Kier molecular flexibility index (Phi) is 3.77. The van der Waals surface area contributed by atoms with Crippen LogP contribution in [0.25, 0.3) is 0 Å². The van der Waals surface area contributed by atoms with Crippen LogP contribution in [0.15, 0.2) is 24.3 Å². The van der Waals surface area contributed by atoms with Gasteiger partial charge in [0.15, 0.2) is 23.4 Å². The number of ether oxygens (including phenoxy) is 4. The van der Waals surface area contributed by atoms with Gasteiger partial charge in [-0.2, -0.15) is 0 Å². The van der Waals surface area contributed by atoms with Crippen LogP contribution < -0.4 is 9.47 Å². The number of likely N-dealkylation sites (N-methyl/N-ethyl adjacent to an activating group) is 1. The van der Waals surface area contributed by atoms with Crippen molar-refractivity contribution in [3.05, 3.63) is 35.4 Å². The summed E-state index contributed by atoms with van der Waals surface area (Å²) in [6.45, 7) is 6.50. The fourth-order valence-electron chi connectivity index (χ4n) is 3.61. The van der Waals surface area contributed by atoms with Gasteiger partial charge in [0.25, 0.3) is 5.91 Å². The highest BCUT2D eigenvalue weighted by molar-refractivity contribution is 5.82. The normalized spacial score (nSPS) is 31.4. The first-order valence-electron chi connectivity index (χ1n) is 8.55. The number of carbonyl (C=O) groups is 1. The minimum atomic E-state index is -0.775. The zero-order chi connectivity index (χ0) is 17.8. The molecule has 3 atom stereocenters. The summed E-state index contributed by atoms with van der Waals surface area (Å²) in [5.74, 6) is 0.776. The van der Waals surface area contributed by atoms with Gasteiger partial charge in [-0.15, -0.1) is 0 Å². The zero-order valence-electron chi connectivity index (χ0n) is 14.9. The van der Waals surface area contributed by atoms with Crippen LogP contribution in [0.3, 0.4) is 0 Å². The standard InChI is InChI=1S/C19H23NO5/c1-11-5-6-14-17(25-19(2,3)24-14)18(21)20(4)9-12-7-15-16(8-13(11)12)23-10-22-15/h5-8,11,14,17H,9-10H2,1-4H3/b6-5-/t11-,14-,17+/m1/s1. The fraction of sp³-hybridized carbons (Fsp3) is 0.526. The Morgan fingerprint density at radius 1 is 1.12 bits per heavy atom. The van der Waals surface area contributed by atoms with Crippen molar-refractivity contribution in [3.8, 4) is 11.5 Å². The van der Waals surface area contributed by atoms with Gasteiger partial charge in [0.05, 0.1) is 0 Å². The molecular weight excluding hydrogens is 322 g/mol. The molecular formula is C19H23NO5. The number of rotatable bonds is 0. The van der Waals surface area contributed by atoms with Gasteiger partial charge in [0.2, 0.25) is 6.79 Å². The second kappa shape index (κ2) is 5.75. The summed E-state index contributed by atoms with van der Waals surface area (Å²) in [5, 5.41) is 0. The van der Waals surface area contributed by atoms with E-state index in [0.29, 0.717) is 6.54 Å². The maximum atomic E-state index is 12.9. The molecule has 3 heterocycles. The number of nitrogens with zero attached hydrogens (tertiary/aromatic N) is 1. The average molecular weight is 345 g/mol. The molecule has 3 aliphatic rings. The topological polar surface area (TPSA) is 57.2 Å². The lowest BCUT2D eigenvalue weighted by Crippen LogP contribution is -2.41. The molecule has 6 nitrogen and oxygen atoms in total. The van der Waals surface area contributed by atoms with Gasteiger partial charge in [-0.05, 0) is 43.0 Å². The molecule has 0 aromatic heterocycles. The van der Waals surface area contributed by atoms with E-state index in [2.05, 4.69) is 13.0 Å². The van der Waals surface area contributed by atoms with Gasteiger partial charge in [0, 0.05) is 13.6 Å². The number of amides is 1. The van der Waals surface area contributed by atoms with Gasteiger partial charge >= 0.3 is 0 Å². The third-order valence-electron chi connectivity index (χ3n) is 4.87. The Labute approximate surface area is 147 Å². The molecule has 0 unspecified atom stereocenters. The van der Waals surface area contributed by atoms with Crippen LogP contribution in [0.4, 0.5) is 0 Å². The molecule has 4 rings (SSSR count). The van der Waals surface area contributed by atoms with Gasteiger partial charge in [-0.25, -0.2) is 0 Å². The summed E-state index contributed by atoms with van der Waals surface area (Å²) in [6.07, 6.45) is 3.00. The Hall–Kier alpha value is -2.05. The lowest BCUT2D eigenvalue weighted by atomic mass is 9.92. The predicted octanol–water partition coefficient (Wildman–Crippen LogP) is 2.57. The second-order valence-electron chi connectivity index (χ2n) is 7.29. The van der Waals surface area contributed by atoms with Crippen molar-refractivity contribution < 1.29 is 23.7 Å². The molecule has 3 aliphatic heterocycles. The van der Waals surface area contributed by atoms with Crippen molar-refractivity contribution in [2.45, 2.75) is 51.2 Å². The minimum absolute atomic E-state index is 0.0848. The Morgan fingerprint density at radius 2 is 1.84 bits per heavy atom. The fourth-order valence-corrected chi connectivity index (χ4v) is 3.61. The van der Waals surface area contributed by atoms with E-state index in [1.54, 1.807) is 11.9 Å². The molecule has 0 aliphatic carbocycles. The largest absolute Gasteiger partial charge is 0.454 e. The van der Waals surface area contributed by atoms with E-state index >= 15 is 0 Å². The average Bonchev–Trinajstić information content (AvgIpc) is 3.13. The molecule has 0 saturated carbocycles. The van der Waals surface area contributed by atoms with Crippen molar-refractivity contribution in [2.24, 2.45) is 0 Å². The third kappa shape index (κ3) is 2.89. The molecule has 25 heavy (non-hydrogen) atoms. The summed E-state index contributed by atoms with van der Waals surface area (Å²) < 4.78 is 22.8. The summed E-state index contributed by atoms with van der Waals surface area (Å²) in [7, 11) is 1.79. The highest BCUT2D eigenvalue weighted by Crippen LogP contribution is 2.39. The molecule has 1 saturated heterocycles. The van der Waals surface area contributed by atoms with Crippen molar-refractivity contribution in [1.29, 1.82) is 0 Å². The summed E-state index contributed by atoms with van der Waals surface area (Å²) in [5.41, 5.74) is 2.17. The number of hydrogen-bond donors (Lipinski definition) is 0. The molecule has 134 valence electrons. The highest BCUT2D eigenvalue weighted by atomic mass is 16.8. The molecule has 1 aromatic rings. The maximum absolute atomic E-state index is 12.9. The van der Waals surface area contributed by atoms with Crippen molar-refractivity contribution in [1.82, 2.24) is 4.90 Å². The van der Waals surface area contributed by atoms with E-state index in [-0.39, 0.29) is 24.7 Å². The second-order valence-corrected chi connectivity index (χ2v) is 7.29. The molecule has 1 aromatic carbocycles. The first-order chi connectivity index (χ1) is 11.8. The van der Waals surface area contributed by atoms with Crippen molar-refractivity contribution in [3.63, 3.8) is 0 Å². The first kappa shape index (κ1) is 16.4. The van der Waals surface area contributed by atoms with E-state index in [0.717, 1.165) is 22.6 Å². The van der Waals surface area contributed by atoms with Crippen LogP contribution in [0.5, 0.6) is 11.5 Å². The van der Waals surface area contributed by atoms with Crippen LogP contribution in [0.2, 0.25) is 0 Å². The zero-order valence-corrected chi connectivity index (χ0v) is 14.9. The van der Waals surface area contributed by atoms with Crippen LogP contribution in [0.1, 0.15) is 37.8 Å². The Balaban J connectivity index is 1.75. The smallest absolute Gasteiger partial charge is 0.254 e. The monoisotopic (exact) mass is 345 g/mol. The number of carbonyl (C=O) groups excluding carboxylic acids is 1. The Bertz CT molecular complexity index is 742. The van der Waals surface area contributed by atoms with Gasteiger partial charge < -0.3 is 23.8 Å². The van der Waals surface area contributed by atoms with Gasteiger partial charge in [-0.3, -0.25) is 4.79 Å². The van der Waals surface area contributed by atoms with Crippen molar-refractivity contribution in [2.75, 3.05) is 13.8 Å². The third-order valence-corrected chi connectivity index (χ3v) is 4.87. The molecule has 0 spiro atoms. The SMILES string of the molecule is C[C@@H]1/C=C\[C@H]2OC(C)(C)O[C@@H]2C(=O)N(C)Cc2cc3c(cc21)OCO3. The quantitative estimate of drug-likeness (QED) is 0.677. The molecule has 0 N–H and O–H groups in total. The van der Waals surface area contributed by atoms with Crippen molar-refractivity contribution >= 4 is 5.91 Å². The van der Waals surface area contributed by atoms with Crippen LogP contribution >= 0.6 is 0 Å². The van der Waals surface area contributed by atoms with E-state index in [1.165, 1.54) is 0 Å². The summed E-state index contributed by atoms with van der Waals surface area (Å²) in [4.78, 5) is 14.6.